The zero-order valence-corrected chi connectivity index (χ0v) is 12.4. The second kappa shape index (κ2) is 5.55. The highest BCUT2D eigenvalue weighted by molar-refractivity contribution is 5.76. The van der Waals surface area contributed by atoms with Crippen molar-refractivity contribution in [3.63, 3.8) is 0 Å². The largest absolute Gasteiger partial charge is 0.445 e. The van der Waals surface area contributed by atoms with Crippen LogP contribution in [-0.2, 0) is 24.3 Å². The monoisotopic (exact) mass is 301 g/mol. The summed E-state index contributed by atoms with van der Waals surface area (Å²) in [7, 11) is 0. The fraction of sp³-hybridized carbons (Fsp3) is 0.600. The lowest BCUT2D eigenvalue weighted by atomic mass is 9.85. The molecule has 1 saturated carbocycles. The van der Waals surface area contributed by atoms with Crippen molar-refractivity contribution >= 4 is 5.91 Å². The average molecular weight is 301 g/mol. The van der Waals surface area contributed by atoms with Gasteiger partial charge in [-0.1, -0.05) is 6.42 Å². The molecular weight excluding hydrogens is 282 g/mol. The van der Waals surface area contributed by atoms with Gasteiger partial charge in [-0.25, -0.2) is 9.97 Å². The van der Waals surface area contributed by atoms with Gasteiger partial charge in [-0.05, 0) is 12.8 Å². The molecule has 2 aromatic heterocycles. The van der Waals surface area contributed by atoms with E-state index in [9.17, 15) is 4.79 Å². The average Bonchev–Trinajstić information content (AvgIpc) is 3.11. The molecule has 0 N–H and O–H groups in total. The van der Waals surface area contributed by atoms with Gasteiger partial charge in [0.1, 0.15) is 24.1 Å². The Kier molecular flexibility index (Phi) is 3.40. The fourth-order valence-electron chi connectivity index (χ4n) is 2.98. The van der Waals surface area contributed by atoms with Crippen LogP contribution in [0.25, 0.3) is 0 Å². The van der Waals surface area contributed by atoms with Crippen LogP contribution in [-0.4, -0.2) is 37.1 Å². The zero-order valence-electron chi connectivity index (χ0n) is 12.4. The van der Waals surface area contributed by atoms with Crippen LogP contribution in [0, 0.1) is 0 Å². The van der Waals surface area contributed by atoms with Gasteiger partial charge in [0, 0.05) is 25.3 Å². The van der Waals surface area contributed by atoms with Gasteiger partial charge in [-0.15, -0.1) is 0 Å². The maximum atomic E-state index is 12.3. The van der Waals surface area contributed by atoms with Crippen LogP contribution in [0.15, 0.2) is 17.1 Å². The van der Waals surface area contributed by atoms with Crippen molar-refractivity contribution in [2.24, 2.45) is 0 Å². The predicted molar refractivity (Wildman–Crippen MR) is 76.9 cm³/mol. The summed E-state index contributed by atoms with van der Waals surface area (Å²) in [6.07, 6.45) is 7.94. The molecule has 0 bridgehead atoms. The third kappa shape index (κ3) is 2.51. The summed E-state index contributed by atoms with van der Waals surface area (Å²) in [6, 6.07) is 0. The number of aryl methyl sites for hydroxylation is 1. The number of nitrogens with zero attached hydrogens (tertiary/aromatic N) is 5. The number of fused-ring (bicyclic) bond motifs is 1. The van der Waals surface area contributed by atoms with Crippen LogP contribution in [0.4, 0.5) is 0 Å². The standard InChI is InChI=1S/C15H19N5O2/c21-14(5-7-20-10-16-9-17-20)19-6-4-13-12(8-19)18-15(22-13)11-2-1-3-11/h9-11H,1-8H2. The summed E-state index contributed by atoms with van der Waals surface area (Å²) in [5.74, 6) is 2.49. The Labute approximate surface area is 128 Å². The fourth-order valence-corrected chi connectivity index (χ4v) is 2.98. The maximum Gasteiger partial charge on any atom is 0.224 e. The Morgan fingerprint density at radius 1 is 1.41 bits per heavy atom. The van der Waals surface area contributed by atoms with Gasteiger partial charge in [-0.2, -0.15) is 5.10 Å². The first kappa shape index (κ1) is 13.5. The Morgan fingerprint density at radius 2 is 2.32 bits per heavy atom. The molecule has 0 aromatic carbocycles. The van der Waals surface area contributed by atoms with Crippen molar-refractivity contribution in [1.82, 2.24) is 24.6 Å². The molecule has 7 heteroatoms. The Balaban J connectivity index is 1.38. The van der Waals surface area contributed by atoms with E-state index in [4.69, 9.17) is 4.42 Å². The van der Waals surface area contributed by atoms with E-state index in [1.54, 1.807) is 11.0 Å². The summed E-state index contributed by atoms with van der Waals surface area (Å²) in [6.45, 7) is 1.85. The number of carbonyl (C=O) groups excluding carboxylic acids is 1. The summed E-state index contributed by atoms with van der Waals surface area (Å²) >= 11 is 0. The van der Waals surface area contributed by atoms with E-state index in [1.807, 2.05) is 4.90 Å². The molecule has 1 aliphatic heterocycles. The van der Waals surface area contributed by atoms with Gasteiger partial charge in [0.25, 0.3) is 0 Å². The number of hydrogen-bond acceptors (Lipinski definition) is 5. The molecule has 2 aliphatic rings. The molecule has 0 unspecified atom stereocenters. The molecule has 1 aliphatic carbocycles. The zero-order chi connectivity index (χ0) is 14.9. The molecule has 0 saturated heterocycles. The van der Waals surface area contributed by atoms with Crippen molar-refractivity contribution in [3.8, 4) is 0 Å². The highest BCUT2D eigenvalue weighted by atomic mass is 16.4. The first-order valence-electron chi connectivity index (χ1n) is 7.88. The van der Waals surface area contributed by atoms with Gasteiger partial charge < -0.3 is 9.32 Å². The van der Waals surface area contributed by atoms with E-state index in [1.165, 1.54) is 25.6 Å². The molecular formula is C15H19N5O2. The number of oxazole rings is 1. The second-order valence-electron chi connectivity index (χ2n) is 6.02. The van der Waals surface area contributed by atoms with Crippen molar-refractivity contribution < 1.29 is 9.21 Å². The highest BCUT2D eigenvalue weighted by Crippen LogP contribution is 2.37. The lowest BCUT2D eigenvalue weighted by Gasteiger charge is -2.25. The normalized spacial score (nSPS) is 18.1. The molecule has 7 nitrogen and oxygen atoms in total. The topological polar surface area (TPSA) is 77.0 Å². The van der Waals surface area contributed by atoms with E-state index in [-0.39, 0.29) is 5.91 Å². The molecule has 0 radical (unpaired) electrons. The number of rotatable bonds is 4. The van der Waals surface area contributed by atoms with E-state index in [2.05, 4.69) is 15.1 Å². The number of amides is 1. The Bertz CT molecular complexity index is 660. The first-order valence-corrected chi connectivity index (χ1v) is 7.88. The number of hydrogen-bond donors (Lipinski definition) is 0. The van der Waals surface area contributed by atoms with Crippen LogP contribution in [0.5, 0.6) is 0 Å². The van der Waals surface area contributed by atoms with Crippen molar-refractivity contribution in [1.29, 1.82) is 0 Å². The second-order valence-corrected chi connectivity index (χ2v) is 6.02. The van der Waals surface area contributed by atoms with Crippen LogP contribution in [0.2, 0.25) is 0 Å². The third-order valence-corrected chi connectivity index (χ3v) is 4.57. The van der Waals surface area contributed by atoms with Gasteiger partial charge in [0.2, 0.25) is 5.91 Å². The minimum atomic E-state index is 0.134. The van der Waals surface area contributed by atoms with Gasteiger partial charge in [0.05, 0.1) is 13.1 Å². The molecule has 2 aromatic rings. The van der Waals surface area contributed by atoms with E-state index in [0.29, 0.717) is 32.0 Å². The SMILES string of the molecule is O=C(CCn1cncn1)N1CCc2oc(C3CCC3)nc2C1. The molecule has 0 atom stereocenters. The smallest absolute Gasteiger partial charge is 0.224 e. The lowest BCUT2D eigenvalue weighted by molar-refractivity contribution is -0.132. The van der Waals surface area contributed by atoms with E-state index < -0.39 is 0 Å². The molecule has 0 spiro atoms. The van der Waals surface area contributed by atoms with Crippen LogP contribution in [0.1, 0.15) is 48.9 Å². The van der Waals surface area contributed by atoms with Gasteiger partial charge in [-0.3, -0.25) is 9.48 Å². The molecule has 3 heterocycles. The minimum absolute atomic E-state index is 0.134. The van der Waals surface area contributed by atoms with Crippen LogP contribution < -0.4 is 0 Å². The number of aromatic nitrogens is 4. The first-order chi connectivity index (χ1) is 10.8. The van der Waals surface area contributed by atoms with Gasteiger partial charge >= 0.3 is 0 Å². The minimum Gasteiger partial charge on any atom is -0.445 e. The van der Waals surface area contributed by atoms with Crippen LogP contribution in [0.3, 0.4) is 0 Å². The van der Waals surface area contributed by atoms with Crippen LogP contribution >= 0.6 is 0 Å². The third-order valence-electron chi connectivity index (χ3n) is 4.57. The summed E-state index contributed by atoms with van der Waals surface area (Å²) in [5, 5.41) is 4.02. The number of carbonyl (C=O) groups is 1. The molecule has 22 heavy (non-hydrogen) atoms. The Hall–Kier alpha value is -2.18. The predicted octanol–water partition coefficient (Wildman–Crippen LogP) is 1.51. The lowest BCUT2D eigenvalue weighted by Crippen LogP contribution is -2.36. The van der Waals surface area contributed by atoms with E-state index in [0.717, 1.165) is 23.8 Å². The molecule has 116 valence electrons. The van der Waals surface area contributed by atoms with Crippen molar-refractivity contribution in [2.75, 3.05) is 6.54 Å². The maximum absolute atomic E-state index is 12.3. The van der Waals surface area contributed by atoms with Crippen molar-refractivity contribution in [3.05, 3.63) is 30.0 Å². The molecule has 1 amide bonds. The Morgan fingerprint density at radius 3 is 3.05 bits per heavy atom. The van der Waals surface area contributed by atoms with Crippen molar-refractivity contribution in [2.45, 2.75) is 51.1 Å². The molecule has 4 rings (SSSR count). The quantitative estimate of drug-likeness (QED) is 0.855. The highest BCUT2D eigenvalue weighted by Gasteiger charge is 2.29. The summed E-state index contributed by atoms with van der Waals surface area (Å²) in [5.41, 5.74) is 0.947. The summed E-state index contributed by atoms with van der Waals surface area (Å²) < 4.78 is 7.56. The molecule has 1 fully saturated rings. The summed E-state index contributed by atoms with van der Waals surface area (Å²) in [4.78, 5) is 22.7. The van der Waals surface area contributed by atoms with E-state index >= 15 is 0 Å². The van der Waals surface area contributed by atoms with Gasteiger partial charge in [0.15, 0.2) is 5.89 Å².